The summed E-state index contributed by atoms with van der Waals surface area (Å²) in [5, 5.41) is 3.26. The minimum absolute atomic E-state index is 0.0663. The number of methoxy groups -OCH3 is 1. The van der Waals surface area contributed by atoms with Crippen LogP contribution in [-0.2, 0) is 0 Å². The Labute approximate surface area is 147 Å². The third-order valence-corrected chi connectivity index (χ3v) is 4.77. The number of amides is 1. The Kier molecular flexibility index (Phi) is 8.66. The van der Waals surface area contributed by atoms with E-state index in [0.717, 1.165) is 31.2 Å². The minimum Gasteiger partial charge on any atom is -0.496 e. The first-order valence-electron chi connectivity index (χ1n) is 9.23. The molecule has 0 fully saturated rings. The molecule has 0 heterocycles. The maximum atomic E-state index is 12.8. The number of unbranched alkanes of at least 4 members (excludes halogenated alkanes) is 1. The Morgan fingerprint density at radius 2 is 1.92 bits per heavy atom. The van der Waals surface area contributed by atoms with Crippen molar-refractivity contribution in [2.75, 3.05) is 12.8 Å². The van der Waals surface area contributed by atoms with Crippen LogP contribution in [0.5, 0.6) is 5.75 Å². The number of nitrogen functional groups attached to an aromatic ring is 1. The number of hydrogen-bond donors (Lipinski definition) is 2. The van der Waals surface area contributed by atoms with Gasteiger partial charge in [0.1, 0.15) is 5.75 Å². The molecule has 2 unspecified atom stereocenters. The maximum absolute atomic E-state index is 12.8. The molecule has 1 rings (SSSR count). The van der Waals surface area contributed by atoms with Gasteiger partial charge in [-0.25, -0.2) is 0 Å². The van der Waals surface area contributed by atoms with E-state index in [1.165, 1.54) is 12.8 Å². The van der Waals surface area contributed by atoms with Crippen molar-refractivity contribution in [2.45, 2.75) is 72.3 Å². The lowest BCUT2D eigenvalue weighted by Crippen LogP contribution is -2.40. The zero-order chi connectivity index (χ0) is 18.1. The fraction of sp³-hybridized carbons (Fsp3) is 0.650. The molecule has 0 aliphatic rings. The van der Waals surface area contributed by atoms with E-state index in [4.69, 9.17) is 10.5 Å². The summed E-state index contributed by atoms with van der Waals surface area (Å²) in [6.07, 6.45) is 6.71. The topological polar surface area (TPSA) is 64.4 Å². The molecule has 0 spiro atoms. The van der Waals surface area contributed by atoms with Gasteiger partial charge in [0, 0.05) is 17.8 Å². The summed E-state index contributed by atoms with van der Waals surface area (Å²) in [6, 6.07) is 3.76. The average Bonchev–Trinajstić information content (AvgIpc) is 2.57. The number of rotatable bonds is 10. The van der Waals surface area contributed by atoms with Gasteiger partial charge in [0.05, 0.1) is 12.7 Å². The van der Waals surface area contributed by atoms with Crippen LogP contribution in [0.4, 0.5) is 5.69 Å². The normalized spacial score (nSPS) is 13.4. The first kappa shape index (κ1) is 20.3. The molecule has 1 aromatic carbocycles. The van der Waals surface area contributed by atoms with Crippen LogP contribution in [0.3, 0.4) is 0 Å². The first-order valence-corrected chi connectivity index (χ1v) is 9.23. The Hall–Kier alpha value is -1.71. The SMILES string of the molecule is CCCCC(CC)C(CCC)NC(=O)c1cc(C)c(N)cc1OC. The van der Waals surface area contributed by atoms with Gasteiger partial charge in [-0.15, -0.1) is 0 Å². The third kappa shape index (κ3) is 5.43. The van der Waals surface area contributed by atoms with E-state index in [-0.39, 0.29) is 11.9 Å². The number of benzene rings is 1. The molecule has 136 valence electrons. The van der Waals surface area contributed by atoms with E-state index in [1.54, 1.807) is 13.2 Å². The second kappa shape index (κ2) is 10.2. The largest absolute Gasteiger partial charge is 0.496 e. The number of nitrogens with one attached hydrogen (secondary N) is 1. The van der Waals surface area contributed by atoms with Gasteiger partial charge in [0.2, 0.25) is 0 Å². The van der Waals surface area contributed by atoms with Crippen LogP contribution in [0.1, 0.15) is 75.2 Å². The highest BCUT2D eigenvalue weighted by Crippen LogP contribution is 2.26. The van der Waals surface area contributed by atoms with Crippen LogP contribution >= 0.6 is 0 Å². The standard InChI is InChI=1S/C20H34N2O2/c1-6-9-11-15(8-3)18(10-7-2)22-20(23)16-12-14(4)17(21)13-19(16)24-5/h12-13,15,18H,6-11,21H2,1-5H3,(H,22,23). The van der Waals surface area contributed by atoms with E-state index >= 15 is 0 Å². The van der Waals surface area contributed by atoms with Crippen molar-refractivity contribution >= 4 is 11.6 Å². The number of nitrogens with two attached hydrogens (primary N) is 1. The zero-order valence-corrected chi connectivity index (χ0v) is 15.9. The molecule has 2 atom stereocenters. The lowest BCUT2D eigenvalue weighted by atomic mass is 9.88. The Balaban J connectivity index is 2.97. The van der Waals surface area contributed by atoms with Crippen molar-refractivity contribution in [2.24, 2.45) is 5.92 Å². The molecule has 0 bridgehead atoms. The molecule has 4 heteroatoms. The van der Waals surface area contributed by atoms with Crippen molar-refractivity contribution in [3.8, 4) is 5.75 Å². The number of aryl methyl sites for hydroxylation is 1. The summed E-state index contributed by atoms with van der Waals surface area (Å²) >= 11 is 0. The van der Waals surface area contributed by atoms with E-state index in [0.29, 0.717) is 22.9 Å². The van der Waals surface area contributed by atoms with Crippen molar-refractivity contribution in [1.29, 1.82) is 0 Å². The van der Waals surface area contributed by atoms with Crippen molar-refractivity contribution in [1.82, 2.24) is 5.32 Å². The van der Waals surface area contributed by atoms with Gasteiger partial charge in [0.25, 0.3) is 5.91 Å². The molecule has 0 saturated carbocycles. The molecule has 3 N–H and O–H groups in total. The summed E-state index contributed by atoms with van der Waals surface area (Å²) in [7, 11) is 1.57. The Morgan fingerprint density at radius 3 is 2.46 bits per heavy atom. The number of carbonyl (C=O) groups excluding carboxylic acids is 1. The van der Waals surface area contributed by atoms with Gasteiger partial charge in [-0.3, -0.25) is 4.79 Å². The number of carbonyl (C=O) groups is 1. The number of anilines is 1. The van der Waals surface area contributed by atoms with Crippen molar-refractivity contribution < 1.29 is 9.53 Å². The van der Waals surface area contributed by atoms with Crippen LogP contribution in [0.15, 0.2) is 12.1 Å². The monoisotopic (exact) mass is 334 g/mol. The van der Waals surface area contributed by atoms with Crippen LogP contribution in [0.2, 0.25) is 0 Å². The van der Waals surface area contributed by atoms with E-state index in [9.17, 15) is 4.79 Å². The van der Waals surface area contributed by atoms with Gasteiger partial charge < -0.3 is 15.8 Å². The van der Waals surface area contributed by atoms with Crippen LogP contribution in [0, 0.1) is 12.8 Å². The maximum Gasteiger partial charge on any atom is 0.255 e. The van der Waals surface area contributed by atoms with Crippen molar-refractivity contribution in [3.63, 3.8) is 0 Å². The molecule has 4 nitrogen and oxygen atoms in total. The zero-order valence-electron chi connectivity index (χ0n) is 15.9. The number of hydrogen-bond acceptors (Lipinski definition) is 3. The molecule has 0 saturated heterocycles. The summed E-state index contributed by atoms with van der Waals surface area (Å²) < 4.78 is 5.35. The molecular weight excluding hydrogens is 300 g/mol. The summed E-state index contributed by atoms with van der Waals surface area (Å²) in [4.78, 5) is 12.8. The minimum atomic E-state index is -0.0663. The smallest absolute Gasteiger partial charge is 0.255 e. The molecule has 0 aliphatic heterocycles. The lowest BCUT2D eigenvalue weighted by Gasteiger charge is -2.27. The van der Waals surface area contributed by atoms with Crippen LogP contribution in [0.25, 0.3) is 0 Å². The predicted molar refractivity (Wildman–Crippen MR) is 102 cm³/mol. The Morgan fingerprint density at radius 1 is 1.21 bits per heavy atom. The van der Waals surface area contributed by atoms with Gasteiger partial charge in [0.15, 0.2) is 0 Å². The summed E-state index contributed by atoms with van der Waals surface area (Å²) in [6.45, 7) is 8.50. The highest BCUT2D eigenvalue weighted by atomic mass is 16.5. The summed E-state index contributed by atoms with van der Waals surface area (Å²) in [5.41, 5.74) is 8.03. The molecular formula is C20H34N2O2. The highest BCUT2D eigenvalue weighted by molar-refractivity contribution is 5.98. The molecule has 1 amide bonds. The van der Waals surface area contributed by atoms with Gasteiger partial charge in [-0.05, 0) is 37.3 Å². The highest BCUT2D eigenvalue weighted by Gasteiger charge is 2.23. The summed E-state index contributed by atoms with van der Waals surface area (Å²) in [5.74, 6) is 0.991. The van der Waals surface area contributed by atoms with Gasteiger partial charge in [-0.2, -0.15) is 0 Å². The lowest BCUT2D eigenvalue weighted by molar-refractivity contribution is 0.0911. The fourth-order valence-corrected chi connectivity index (χ4v) is 3.19. The molecule has 1 aromatic rings. The second-order valence-electron chi connectivity index (χ2n) is 6.59. The van der Waals surface area contributed by atoms with Crippen molar-refractivity contribution in [3.05, 3.63) is 23.3 Å². The number of ether oxygens (including phenoxy) is 1. The molecule has 0 aromatic heterocycles. The van der Waals surface area contributed by atoms with Crippen LogP contribution < -0.4 is 15.8 Å². The fourth-order valence-electron chi connectivity index (χ4n) is 3.19. The van der Waals surface area contributed by atoms with Gasteiger partial charge in [-0.1, -0.05) is 46.5 Å². The average molecular weight is 335 g/mol. The molecule has 0 radical (unpaired) electrons. The third-order valence-electron chi connectivity index (χ3n) is 4.77. The molecule has 24 heavy (non-hydrogen) atoms. The Bertz CT molecular complexity index is 529. The first-order chi connectivity index (χ1) is 11.5. The van der Waals surface area contributed by atoms with Gasteiger partial charge >= 0.3 is 0 Å². The van der Waals surface area contributed by atoms with Crippen LogP contribution in [-0.4, -0.2) is 19.1 Å². The predicted octanol–water partition coefficient (Wildman–Crippen LogP) is 4.70. The quantitative estimate of drug-likeness (QED) is 0.610. The van der Waals surface area contributed by atoms with E-state index < -0.39 is 0 Å². The van der Waals surface area contributed by atoms with E-state index in [1.807, 2.05) is 13.0 Å². The molecule has 0 aliphatic carbocycles. The second-order valence-corrected chi connectivity index (χ2v) is 6.59. The van der Waals surface area contributed by atoms with E-state index in [2.05, 4.69) is 26.1 Å².